The van der Waals surface area contributed by atoms with Gasteiger partial charge in [0.1, 0.15) is 11.5 Å². The summed E-state index contributed by atoms with van der Waals surface area (Å²) >= 11 is 12.2. The second-order valence-electron chi connectivity index (χ2n) is 4.99. The van der Waals surface area contributed by atoms with Crippen LogP contribution in [-0.2, 0) is 10.0 Å². The standard InChI is InChI=1S/C14H15Cl2NO3S/c1-10-4-5-17(9-10)21(19,20)14-12(15)7-11(3-2-6-18)8-13(14)16/h7-8,10,18H,4-6,9H2,1H3. The van der Waals surface area contributed by atoms with Crippen molar-refractivity contribution in [3.05, 3.63) is 27.7 Å². The molecule has 0 aliphatic carbocycles. The number of hydrogen-bond donors (Lipinski definition) is 1. The van der Waals surface area contributed by atoms with Crippen molar-refractivity contribution in [1.82, 2.24) is 4.31 Å². The third-order valence-corrected chi connectivity index (χ3v) is 6.08. The first-order valence-corrected chi connectivity index (χ1v) is 8.64. The highest BCUT2D eigenvalue weighted by molar-refractivity contribution is 7.89. The fourth-order valence-corrected chi connectivity index (χ4v) is 5.00. The summed E-state index contributed by atoms with van der Waals surface area (Å²) in [5.41, 5.74) is 0.466. The maximum atomic E-state index is 12.6. The molecule has 1 atom stereocenters. The third kappa shape index (κ3) is 3.53. The summed E-state index contributed by atoms with van der Waals surface area (Å²) in [5.74, 6) is 5.45. The minimum Gasteiger partial charge on any atom is -0.384 e. The summed E-state index contributed by atoms with van der Waals surface area (Å²) in [5, 5.41) is 8.77. The van der Waals surface area contributed by atoms with E-state index >= 15 is 0 Å². The largest absolute Gasteiger partial charge is 0.384 e. The van der Waals surface area contributed by atoms with Crippen LogP contribution >= 0.6 is 23.2 Å². The highest BCUT2D eigenvalue weighted by Gasteiger charge is 2.33. The Hall–Kier alpha value is -0.770. The predicted octanol–water partition coefficient (Wildman–Crippen LogP) is 2.37. The van der Waals surface area contributed by atoms with Crippen molar-refractivity contribution >= 4 is 33.2 Å². The van der Waals surface area contributed by atoms with E-state index in [2.05, 4.69) is 11.8 Å². The summed E-state index contributed by atoms with van der Waals surface area (Å²) in [6.07, 6.45) is 0.828. The Morgan fingerprint density at radius 2 is 2.00 bits per heavy atom. The lowest BCUT2D eigenvalue weighted by molar-refractivity contribution is 0.350. The molecule has 0 spiro atoms. The topological polar surface area (TPSA) is 57.6 Å². The average molecular weight is 348 g/mol. The molecule has 1 unspecified atom stereocenters. The second-order valence-corrected chi connectivity index (χ2v) is 7.67. The number of sulfonamides is 1. The molecule has 7 heteroatoms. The Morgan fingerprint density at radius 3 is 2.48 bits per heavy atom. The van der Waals surface area contributed by atoms with E-state index < -0.39 is 10.0 Å². The van der Waals surface area contributed by atoms with Gasteiger partial charge < -0.3 is 5.11 Å². The van der Waals surface area contributed by atoms with Crippen molar-refractivity contribution in [1.29, 1.82) is 0 Å². The van der Waals surface area contributed by atoms with Crippen LogP contribution in [0.4, 0.5) is 0 Å². The number of hydrogen-bond acceptors (Lipinski definition) is 3. The van der Waals surface area contributed by atoms with Gasteiger partial charge in [-0.2, -0.15) is 4.31 Å². The Kier molecular flexibility index (Phi) is 5.18. The number of halogens is 2. The van der Waals surface area contributed by atoms with Crippen molar-refractivity contribution in [2.45, 2.75) is 18.2 Å². The van der Waals surface area contributed by atoms with E-state index in [0.717, 1.165) is 6.42 Å². The van der Waals surface area contributed by atoms with Gasteiger partial charge >= 0.3 is 0 Å². The first-order chi connectivity index (χ1) is 9.86. The van der Waals surface area contributed by atoms with Crippen molar-refractivity contribution in [3.8, 4) is 11.8 Å². The lowest BCUT2D eigenvalue weighted by Crippen LogP contribution is -2.29. The SMILES string of the molecule is CC1CCN(S(=O)(=O)c2c(Cl)cc(C#CCO)cc2Cl)C1. The first kappa shape index (κ1) is 16.6. The van der Waals surface area contributed by atoms with Crippen LogP contribution in [0.3, 0.4) is 0 Å². The highest BCUT2D eigenvalue weighted by Crippen LogP contribution is 2.34. The summed E-state index contributed by atoms with van der Waals surface area (Å²) in [6.45, 7) is 2.66. The molecule has 2 rings (SSSR count). The van der Waals surface area contributed by atoms with Crippen LogP contribution in [0.1, 0.15) is 18.9 Å². The fourth-order valence-electron chi connectivity index (χ4n) is 2.26. The van der Waals surface area contributed by atoms with E-state index in [4.69, 9.17) is 28.3 Å². The lowest BCUT2D eigenvalue weighted by Gasteiger charge is -2.18. The summed E-state index contributed by atoms with van der Waals surface area (Å²) in [6, 6.07) is 2.89. The molecule has 1 N–H and O–H groups in total. The van der Waals surface area contributed by atoms with Gasteiger partial charge in [-0.05, 0) is 24.5 Å². The highest BCUT2D eigenvalue weighted by atomic mass is 35.5. The number of rotatable bonds is 2. The molecule has 0 saturated carbocycles. The van der Waals surface area contributed by atoms with Crippen LogP contribution < -0.4 is 0 Å². The minimum absolute atomic E-state index is 0.0456. The van der Waals surface area contributed by atoms with E-state index in [0.29, 0.717) is 24.6 Å². The van der Waals surface area contributed by atoms with Crippen LogP contribution in [0.2, 0.25) is 10.0 Å². The maximum absolute atomic E-state index is 12.6. The van der Waals surface area contributed by atoms with E-state index in [9.17, 15) is 8.42 Å². The third-order valence-electron chi connectivity index (χ3n) is 3.29. The second kappa shape index (κ2) is 6.55. The average Bonchev–Trinajstić information content (AvgIpc) is 2.82. The van der Waals surface area contributed by atoms with Gasteiger partial charge in [0.15, 0.2) is 0 Å². The Labute approximate surface area is 134 Å². The molecule has 1 heterocycles. The molecular weight excluding hydrogens is 333 g/mol. The zero-order chi connectivity index (χ0) is 15.6. The molecule has 114 valence electrons. The van der Waals surface area contributed by atoms with Crippen molar-refractivity contribution in [2.24, 2.45) is 5.92 Å². The zero-order valence-electron chi connectivity index (χ0n) is 11.4. The normalized spacial score (nSPS) is 19.3. The molecule has 0 radical (unpaired) electrons. The summed E-state index contributed by atoms with van der Waals surface area (Å²) in [7, 11) is -3.70. The number of aliphatic hydroxyl groups is 1. The van der Waals surface area contributed by atoms with Gasteiger partial charge in [-0.1, -0.05) is 42.0 Å². The molecule has 1 aromatic rings. The van der Waals surface area contributed by atoms with Gasteiger partial charge in [0.25, 0.3) is 0 Å². The number of nitrogens with zero attached hydrogens (tertiary/aromatic N) is 1. The molecule has 4 nitrogen and oxygen atoms in total. The molecule has 1 aromatic carbocycles. The van der Waals surface area contributed by atoms with Crippen molar-refractivity contribution < 1.29 is 13.5 Å². The van der Waals surface area contributed by atoms with Gasteiger partial charge in [-0.25, -0.2) is 8.42 Å². The maximum Gasteiger partial charge on any atom is 0.246 e. The first-order valence-electron chi connectivity index (χ1n) is 6.45. The Morgan fingerprint density at radius 1 is 1.38 bits per heavy atom. The van der Waals surface area contributed by atoms with Gasteiger partial charge in [0.05, 0.1) is 10.0 Å². The van der Waals surface area contributed by atoms with Gasteiger partial charge in [-0.3, -0.25) is 0 Å². The van der Waals surface area contributed by atoms with Gasteiger partial charge in [0.2, 0.25) is 10.0 Å². The fraction of sp³-hybridized carbons (Fsp3) is 0.429. The molecule has 1 aliphatic heterocycles. The van der Waals surface area contributed by atoms with Gasteiger partial charge in [-0.15, -0.1) is 0 Å². The monoisotopic (exact) mass is 347 g/mol. The van der Waals surface area contributed by atoms with E-state index in [1.165, 1.54) is 16.4 Å². The van der Waals surface area contributed by atoms with Crippen molar-refractivity contribution in [2.75, 3.05) is 19.7 Å². The molecule has 0 aromatic heterocycles. The van der Waals surface area contributed by atoms with Crippen LogP contribution in [0.5, 0.6) is 0 Å². The molecular formula is C14H15Cl2NO3S. The number of benzene rings is 1. The van der Waals surface area contributed by atoms with Crippen LogP contribution in [0.15, 0.2) is 17.0 Å². The van der Waals surface area contributed by atoms with Crippen LogP contribution in [-0.4, -0.2) is 37.5 Å². The Balaban J connectivity index is 2.44. The summed E-state index contributed by atoms with van der Waals surface area (Å²) in [4.78, 5) is -0.0746. The zero-order valence-corrected chi connectivity index (χ0v) is 13.8. The quantitative estimate of drug-likeness (QED) is 0.835. The molecule has 1 aliphatic rings. The summed E-state index contributed by atoms with van der Waals surface area (Å²) < 4.78 is 26.7. The molecule has 21 heavy (non-hydrogen) atoms. The van der Waals surface area contributed by atoms with Gasteiger partial charge in [0, 0.05) is 18.7 Å². The van der Waals surface area contributed by atoms with Crippen LogP contribution in [0, 0.1) is 17.8 Å². The molecule has 0 amide bonds. The lowest BCUT2D eigenvalue weighted by atomic mass is 10.2. The molecule has 1 saturated heterocycles. The Bertz CT molecular complexity index is 684. The number of aliphatic hydroxyl groups excluding tert-OH is 1. The molecule has 0 bridgehead atoms. The molecule has 1 fully saturated rings. The minimum atomic E-state index is -3.70. The van der Waals surface area contributed by atoms with E-state index in [1.807, 2.05) is 6.92 Å². The van der Waals surface area contributed by atoms with E-state index in [-0.39, 0.29) is 21.5 Å². The smallest absolute Gasteiger partial charge is 0.246 e. The van der Waals surface area contributed by atoms with Crippen molar-refractivity contribution in [3.63, 3.8) is 0 Å². The van der Waals surface area contributed by atoms with E-state index in [1.54, 1.807) is 0 Å². The van der Waals surface area contributed by atoms with Crippen LogP contribution in [0.25, 0.3) is 0 Å². The predicted molar refractivity (Wildman–Crippen MR) is 83.0 cm³/mol.